The van der Waals surface area contributed by atoms with Gasteiger partial charge in [-0.1, -0.05) is 19.1 Å². The molecule has 1 aliphatic heterocycles. The first-order chi connectivity index (χ1) is 15.5. The fraction of sp³-hybridized carbons (Fsp3) is 0.565. The van der Waals surface area contributed by atoms with Gasteiger partial charge in [0.2, 0.25) is 0 Å². The van der Waals surface area contributed by atoms with Crippen molar-refractivity contribution in [1.29, 1.82) is 0 Å². The van der Waals surface area contributed by atoms with Crippen LogP contribution in [0.4, 0.5) is 5.69 Å². The van der Waals surface area contributed by atoms with E-state index in [1.165, 1.54) is 27.7 Å². The molecule has 0 amide bonds. The SMILES string of the molecule is CCc1c(C)cccc1N[C@@H]1O[C@H](COC(C)=O)[C@@H](OC(C)=O)[C@H](OC(C)=O)[C@H]1OC(C)=O. The molecule has 0 radical (unpaired) electrons. The fourth-order valence-electron chi connectivity index (χ4n) is 3.80. The van der Waals surface area contributed by atoms with Crippen LogP contribution in [-0.2, 0) is 49.3 Å². The minimum Gasteiger partial charge on any atom is -0.463 e. The predicted octanol–water partition coefficient (Wildman–Crippen LogP) is 2.05. The molecule has 10 heteroatoms. The van der Waals surface area contributed by atoms with Crippen molar-refractivity contribution in [3.63, 3.8) is 0 Å². The maximum absolute atomic E-state index is 11.9. The zero-order chi connectivity index (χ0) is 24.7. The predicted molar refractivity (Wildman–Crippen MR) is 116 cm³/mol. The van der Waals surface area contributed by atoms with Crippen molar-refractivity contribution >= 4 is 29.6 Å². The van der Waals surface area contributed by atoms with Crippen LogP contribution in [-0.4, -0.2) is 61.1 Å². The number of rotatable bonds is 8. The normalized spacial score (nSPS) is 24.4. The number of benzene rings is 1. The summed E-state index contributed by atoms with van der Waals surface area (Å²) >= 11 is 0. The topological polar surface area (TPSA) is 126 Å². The molecule has 0 spiro atoms. The Kier molecular flexibility index (Phi) is 9.22. The van der Waals surface area contributed by atoms with Crippen LogP contribution in [0.2, 0.25) is 0 Å². The van der Waals surface area contributed by atoms with Crippen molar-refractivity contribution < 1.29 is 42.9 Å². The van der Waals surface area contributed by atoms with Gasteiger partial charge in [0, 0.05) is 33.4 Å². The van der Waals surface area contributed by atoms with Crippen molar-refractivity contribution in [2.75, 3.05) is 11.9 Å². The number of anilines is 1. The largest absolute Gasteiger partial charge is 0.463 e. The van der Waals surface area contributed by atoms with Crippen LogP contribution in [0.1, 0.15) is 45.7 Å². The lowest BCUT2D eigenvalue weighted by atomic mass is 9.96. The lowest BCUT2D eigenvalue weighted by Gasteiger charge is -2.44. The molecule has 0 saturated carbocycles. The summed E-state index contributed by atoms with van der Waals surface area (Å²) in [4.78, 5) is 47.1. The maximum Gasteiger partial charge on any atom is 0.303 e. The van der Waals surface area contributed by atoms with E-state index in [4.69, 9.17) is 23.7 Å². The molecule has 10 nitrogen and oxygen atoms in total. The van der Waals surface area contributed by atoms with Crippen molar-refractivity contribution in [2.45, 2.75) is 78.6 Å². The van der Waals surface area contributed by atoms with Gasteiger partial charge < -0.3 is 29.0 Å². The van der Waals surface area contributed by atoms with Gasteiger partial charge in [0.25, 0.3) is 0 Å². The van der Waals surface area contributed by atoms with E-state index >= 15 is 0 Å². The monoisotopic (exact) mass is 465 g/mol. The third-order valence-corrected chi connectivity index (χ3v) is 5.05. The van der Waals surface area contributed by atoms with E-state index in [1.807, 2.05) is 32.0 Å². The van der Waals surface area contributed by atoms with E-state index < -0.39 is 54.5 Å². The zero-order valence-corrected chi connectivity index (χ0v) is 19.7. The quantitative estimate of drug-likeness (QED) is 0.450. The molecule has 0 aliphatic carbocycles. The highest BCUT2D eigenvalue weighted by atomic mass is 16.7. The molecule has 1 saturated heterocycles. The van der Waals surface area contributed by atoms with Gasteiger partial charge in [-0.05, 0) is 30.5 Å². The second-order valence-corrected chi connectivity index (χ2v) is 7.72. The Morgan fingerprint density at radius 1 is 0.879 bits per heavy atom. The van der Waals surface area contributed by atoms with Crippen molar-refractivity contribution in [2.24, 2.45) is 0 Å². The van der Waals surface area contributed by atoms with Gasteiger partial charge in [0.1, 0.15) is 12.7 Å². The van der Waals surface area contributed by atoms with Crippen LogP contribution in [0.25, 0.3) is 0 Å². The molecule has 1 heterocycles. The summed E-state index contributed by atoms with van der Waals surface area (Å²) in [7, 11) is 0. The second kappa shape index (κ2) is 11.6. The molecule has 182 valence electrons. The molecule has 1 aromatic rings. The van der Waals surface area contributed by atoms with Gasteiger partial charge in [-0.3, -0.25) is 19.2 Å². The van der Waals surface area contributed by atoms with Crippen molar-refractivity contribution in [3.05, 3.63) is 29.3 Å². The molecule has 33 heavy (non-hydrogen) atoms. The van der Waals surface area contributed by atoms with Crippen LogP contribution in [0.15, 0.2) is 18.2 Å². The molecule has 1 N–H and O–H groups in total. The third kappa shape index (κ3) is 7.18. The summed E-state index contributed by atoms with van der Waals surface area (Å²) in [6.45, 7) is 8.49. The molecular formula is C23H31NO9. The van der Waals surface area contributed by atoms with Crippen LogP contribution < -0.4 is 5.32 Å². The lowest BCUT2D eigenvalue weighted by Crippen LogP contribution is -2.64. The number of carbonyl (C=O) groups is 4. The summed E-state index contributed by atoms with van der Waals surface area (Å²) < 4.78 is 27.5. The molecule has 0 unspecified atom stereocenters. The lowest BCUT2D eigenvalue weighted by molar-refractivity contribution is -0.247. The highest BCUT2D eigenvalue weighted by molar-refractivity contribution is 5.69. The van der Waals surface area contributed by atoms with Gasteiger partial charge in [-0.15, -0.1) is 0 Å². The first-order valence-electron chi connectivity index (χ1n) is 10.7. The third-order valence-electron chi connectivity index (χ3n) is 5.05. The number of esters is 4. The van der Waals surface area contributed by atoms with Crippen LogP contribution in [0.5, 0.6) is 0 Å². The van der Waals surface area contributed by atoms with E-state index in [2.05, 4.69) is 5.32 Å². The minimum absolute atomic E-state index is 0.273. The van der Waals surface area contributed by atoms with Gasteiger partial charge in [0.15, 0.2) is 24.5 Å². The number of carbonyl (C=O) groups excluding carboxylic acids is 4. The van der Waals surface area contributed by atoms with E-state index in [0.717, 1.165) is 23.2 Å². The molecule has 1 fully saturated rings. The first kappa shape index (κ1) is 26.1. The van der Waals surface area contributed by atoms with Crippen molar-refractivity contribution in [1.82, 2.24) is 0 Å². The standard InChI is InChI=1S/C23H31NO9/c1-7-17-12(2)9-8-10-18(17)24-23-22(32-16(6)28)21(31-15(5)27)20(30-14(4)26)19(33-23)11-29-13(3)25/h8-10,19-24H,7,11H2,1-6H3/t19-,20-,21+,22-,23-/m1/s1. The average molecular weight is 465 g/mol. The molecule has 0 bridgehead atoms. The number of aryl methyl sites for hydroxylation is 1. The molecule has 5 atom stereocenters. The van der Waals surface area contributed by atoms with Crippen molar-refractivity contribution in [3.8, 4) is 0 Å². The van der Waals surface area contributed by atoms with Gasteiger partial charge in [0.05, 0.1) is 0 Å². The Bertz CT molecular complexity index is 885. The Hall–Kier alpha value is -3.14. The Morgan fingerprint density at radius 3 is 2.00 bits per heavy atom. The fourth-order valence-corrected chi connectivity index (χ4v) is 3.80. The highest BCUT2D eigenvalue weighted by Crippen LogP contribution is 2.31. The first-order valence-corrected chi connectivity index (χ1v) is 10.7. The van der Waals surface area contributed by atoms with Crippen LogP contribution >= 0.6 is 0 Å². The summed E-state index contributed by atoms with van der Waals surface area (Å²) in [5.41, 5.74) is 2.80. The smallest absolute Gasteiger partial charge is 0.303 e. The van der Waals surface area contributed by atoms with Crippen LogP contribution in [0.3, 0.4) is 0 Å². The maximum atomic E-state index is 11.9. The Balaban J connectivity index is 2.51. The number of ether oxygens (including phenoxy) is 5. The molecule has 0 aromatic heterocycles. The molecule has 1 aromatic carbocycles. The minimum atomic E-state index is -1.21. The molecule has 2 rings (SSSR count). The Labute approximate surface area is 192 Å². The van der Waals surface area contributed by atoms with Gasteiger partial charge in [-0.25, -0.2) is 0 Å². The average Bonchev–Trinajstić information content (AvgIpc) is 2.70. The van der Waals surface area contributed by atoms with Gasteiger partial charge >= 0.3 is 23.9 Å². The zero-order valence-electron chi connectivity index (χ0n) is 19.7. The van der Waals surface area contributed by atoms with E-state index in [-0.39, 0.29) is 6.61 Å². The highest BCUT2D eigenvalue weighted by Gasteiger charge is 2.52. The second-order valence-electron chi connectivity index (χ2n) is 7.72. The number of nitrogens with one attached hydrogen (secondary N) is 1. The van der Waals surface area contributed by atoms with Gasteiger partial charge in [-0.2, -0.15) is 0 Å². The summed E-state index contributed by atoms with van der Waals surface area (Å²) in [5, 5.41) is 3.22. The Morgan fingerprint density at radius 2 is 1.45 bits per heavy atom. The summed E-state index contributed by atoms with van der Waals surface area (Å²) in [6.07, 6.45) is -4.83. The molecular weight excluding hydrogens is 434 g/mol. The number of hydrogen-bond acceptors (Lipinski definition) is 10. The molecule has 1 aliphatic rings. The van der Waals surface area contributed by atoms with Crippen LogP contribution in [0, 0.1) is 6.92 Å². The van der Waals surface area contributed by atoms with E-state index in [9.17, 15) is 19.2 Å². The summed E-state index contributed by atoms with van der Waals surface area (Å²) in [5.74, 6) is -2.56. The van der Waals surface area contributed by atoms with E-state index in [1.54, 1.807) is 0 Å². The summed E-state index contributed by atoms with van der Waals surface area (Å²) in [6, 6.07) is 5.68. The van der Waals surface area contributed by atoms with E-state index in [0.29, 0.717) is 0 Å². The number of hydrogen-bond donors (Lipinski definition) is 1.